The fourth-order valence-corrected chi connectivity index (χ4v) is 5.16. The summed E-state index contributed by atoms with van der Waals surface area (Å²) in [6.45, 7) is 6.37. The predicted octanol–water partition coefficient (Wildman–Crippen LogP) is 12.0. The number of carbonyl (C=O) groups excluding carboxylic acids is 3. The summed E-state index contributed by atoms with van der Waals surface area (Å²) in [5.41, 5.74) is 0. The third-order valence-electron chi connectivity index (χ3n) is 8.11. The van der Waals surface area contributed by atoms with Crippen LogP contribution in [0.3, 0.4) is 0 Å². The quantitative estimate of drug-likeness (QED) is 0.0293. The molecule has 0 aliphatic rings. The summed E-state index contributed by atoms with van der Waals surface area (Å²) in [6, 6.07) is 0. The summed E-state index contributed by atoms with van der Waals surface area (Å²) in [6.07, 6.45) is 41.2. The van der Waals surface area contributed by atoms with E-state index in [2.05, 4.69) is 57.2 Å². The Labute approximate surface area is 295 Å². The van der Waals surface area contributed by atoms with Crippen LogP contribution >= 0.6 is 0 Å². The highest BCUT2D eigenvalue weighted by Crippen LogP contribution is 2.13. The third kappa shape index (κ3) is 34.7. The summed E-state index contributed by atoms with van der Waals surface area (Å²) < 4.78 is 16.5. The second kappa shape index (κ2) is 37.2. The van der Waals surface area contributed by atoms with Crippen molar-refractivity contribution in [3.63, 3.8) is 0 Å². The van der Waals surface area contributed by atoms with Crippen molar-refractivity contribution >= 4 is 17.9 Å². The standard InChI is InChI=1S/C42H72O6/c1-4-7-10-13-16-18-20-21-22-24-26-29-32-35-41(44)47-38-39(37-46-40(43)34-31-28-25-15-12-9-6-3)48-42(45)36-33-30-27-23-19-17-14-11-8-5-2/h7,10,16,18,21-22,26,29,39H,4-6,8-9,11-15,17,19-20,23-25,27-28,30-38H2,1-3H3/b10-7-,18-16-,22-21-,29-26-. The molecule has 48 heavy (non-hydrogen) atoms. The van der Waals surface area contributed by atoms with E-state index in [0.29, 0.717) is 19.3 Å². The van der Waals surface area contributed by atoms with Crippen LogP contribution in [0.2, 0.25) is 0 Å². The van der Waals surface area contributed by atoms with Crippen LogP contribution in [0.4, 0.5) is 0 Å². The molecule has 0 spiro atoms. The summed E-state index contributed by atoms with van der Waals surface area (Å²) in [4.78, 5) is 37.3. The van der Waals surface area contributed by atoms with E-state index >= 15 is 0 Å². The van der Waals surface area contributed by atoms with Gasteiger partial charge in [0.1, 0.15) is 13.2 Å². The lowest BCUT2D eigenvalue weighted by atomic mass is 10.1. The van der Waals surface area contributed by atoms with Crippen molar-refractivity contribution in [2.24, 2.45) is 0 Å². The third-order valence-corrected chi connectivity index (χ3v) is 8.11. The van der Waals surface area contributed by atoms with E-state index in [1.54, 1.807) is 0 Å². The Morgan fingerprint density at radius 3 is 1.27 bits per heavy atom. The van der Waals surface area contributed by atoms with Crippen LogP contribution < -0.4 is 0 Å². The Kier molecular flexibility index (Phi) is 35.2. The van der Waals surface area contributed by atoms with Crippen LogP contribution in [0.5, 0.6) is 0 Å². The molecule has 0 aromatic heterocycles. The van der Waals surface area contributed by atoms with Gasteiger partial charge in [-0.1, -0.05) is 166 Å². The highest BCUT2D eigenvalue weighted by atomic mass is 16.6. The van der Waals surface area contributed by atoms with Gasteiger partial charge in [-0.05, 0) is 44.9 Å². The number of hydrogen-bond donors (Lipinski definition) is 0. The molecule has 0 aromatic rings. The minimum atomic E-state index is -0.792. The summed E-state index contributed by atoms with van der Waals surface area (Å²) >= 11 is 0. The van der Waals surface area contributed by atoms with E-state index in [0.717, 1.165) is 64.2 Å². The molecule has 276 valence electrons. The number of rotatable bonds is 34. The first-order chi connectivity index (χ1) is 23.5. The van der Waals surface area contributed by atoms with E-state index in [1.165, 1.54) is 70.6 Å². The van der Waals surface area contributed by atoms with Gasteiger partial charge in [0.25, 0.3) is 0 Å². The van der Waals surface area contributed by atoms with Crippen molar-refractivity contribution in [3.05, 3.63) is 48.6 Å². The van der Waals surface area contributed by atoms with Crippen LogP contribution in [0, 0.1) is 0 Å². The van der Waals surface area contributed by atoms with E-state index in [9.17, 15) is 14.4 Å². The van der Waals surface area contributed by atoms with Gasteiger partial charge in [0.15, 0.2) is 6.10 Å². The van der Waals surface area contributed by atoms with Crippen molar-refractivity contribution in [1.29, 1.82) is 0 Å². The van der Waals surface area contributed by atoms with Gasteiger partial charge in [0.2, 0.25) is 0 Å². The minimum Gasteiger partial charge on any atom is -0.462 e. The fourth-order valence-electron chi connectivity index (χ4n) is 5.16. The summed E-state index contributed by atoms with van der Waals surface area (Å²) in [5, 5.41) is 0. The maximum Gasteiger partial charge on any atom is 0.306 e. The number of unbranched alkanes of at least 4 members (excludes halogenated alkanes) is 15. The highest BCUT2D eigenvalue weighted by Gasteiger charge is 2.19. The Hall–Kier alpha value is -2.63. The first kappa shape index (κ1) is 45.4. The first-order valence-corrected chi connectivity index (χ1v) is 19.6. The van der Waals surface area contributed by atoms with Crippen molar-refractivity contribution in [2.45, 2.75) is 187 Å². The molecule has 0 aromatic carbocycles. The second-order valence-corrected chi connectivity index (χ2v) is 12.8. The summed E-state index contributed by atoms with van der Waals surface area (Å²) in [5.74, 6) is -0.994. The molecule has 0 saturated carbocycles. The van der Waals surface area contributed by atoms with Gasteiger partial charge in [-0.15, -0.1) is 0 Å². The molecule has 6 nitrogen and oxygen atoms in total. The fraction of sp³-hybridized carbons (Fsp3) is 0.738. The normalized spacial score (nSPS) is 12.5. The van der Waals surface area contributed by atoms with Gasteiger partial charge >= 0.3 is 17.9 Å². The topological polar surface area (TPSA) is 78.9 Å². The molecule has 0 fully saturated rings. The Morgan fingerprint density at radius 1 is 0.438 bits per heavy atom. The van der Waals surface area contributed by atoms with Gasteiger partial charge in [0.05, 0.1) is 0 Å². The molecule has 0 heterocycles. The Morgan fingerprint density at radius 2 is 0.812 bits per heavy atom. The molecule has 0 N–H and O–H groups in total. The van der Waals surface area contributed by atoms with Gasteiger partial charge < -0.3 is 14.2 Å². The van der Waals surface area contributed by atoms with Crippen LogP contribution in [0.15, 0.2) is 48.6 Å². The zero-order chi connectivity index (χ0) is 35.2. The number of ether oxygens (including phenoxy) is 3. The minimum absolute atomic E-state index is 0.0940. The molecule has 6 heteroatoms. The van der Waals surface area contributed by atoms with E-state index in [-0.39, 0.29) is 37.5 Å². The van der Waals surface area contributed by atoms with Crippen LogP contribution in [0.25, 0.3) is 0 Å². The lowest BCUT2D eigenvalue weighted by molar-refractivity contribution is -0.166. The van der Waals surface area contributed by atoms with E-state index in [4.69, 9.17) is 14.2 Å². The zero-order valence-corrected chi connectivity index (χ0v) is 31.2. The van der Waals surface area contributed by atoms with Gasteiger partial charge in [-0.25, -0.2) is 0 Å². The number of carbonyl (C=O) groups is 3. The van der Waals surface area contributed by atoms with Crippen LogP contribution in [-0.4, -0.2) is 37.2 Å². The Bertz CT molecular complexity index is 871. The van der Waals surface area contributed by atoms with Gasteiger partial charge in [-0.2, -0.15) is 0 Å². The molecule has 0 radical (unpaired) electrons. The van der Waals surface area contributed by atoms with Crippen molar-refractivity contribution < 1.29 is 28.6 Å². The van der Waals surface area contributed by atoms with Crippen molar-refractivity contribution in [3.8, 4) is 0 Å². The molecule has 1 atom stereocenters. The van der Waals surface area contributed by atoms with E-state index in [1.807, 2.05) is 12.2 Å². The molecule has 0 rings (SSSR count). The van der Waals surface area contributed by atoms with Gasteiger partial charge in [0, 0.05) is 19.3 Å². The lowest BCUT2D eigenvalue weighted by Gasteiger charge is -2.18. The molecule has 0 bridgehead atoms. The van der Waals surface area contributed by atoms with Crippen molar-refractivity contribution in [1.82, 2.24) is 0 Å². The number of allylic oxidation sites excluding steroid dienone is 8. The molecule has 0 amide bonds. The highest BCUT2D eigenvalue weighted by molar-refractivity contribution is 5.71. The first-order valence-electron chi connectivity index (χ1n) is 19.6. The SMILES string of the molecule is CC/C=C\C/C=C\C/C=C\C/C=C\CCC(=O)OCC(COC(=O)CCCCCCCCC)OC(=O)CCCCCCCCCCCC. The van der Waals surface area contributed by atoms with Gasteiger partial charge in [-0.3, -0.25) is 14.4 Å². The smallest absolute Gasteiger partial charge is 0.306 e. The molecule has 0 aliphatic heterocycles. The molecule has 0 saturated heterocycles. The van der Waals surface area contributed by atoms with E-state index < -0.39 is 6.10 Å². The monoisotopic (exact) mass is 673 g/mol. The maximum absolute atomic E-state index is 12.6. The Balaban J connectivity index is 4.46. The lowest BCUT2D eigenvalue weighted by Crippen LogP contribution is -2.30. The molecule has 1 unspecified atom stereocenters. The number of esters is 3. The van der Waals surface area contributed by atoms with Crippen molar-refractivity contribution in [2.75, 3.05) is 13.2 Å². The van der Waals surface area contributed by atoms with Crippen LogP contribution in [-0.2, 0) is 28.6 Å². The molecular formula is C42H72O6. The zero-order valence-electron chi connectivity index (χ0n) is 31.2. The second-order valence-electron chi connectivity index (χ2n) is 12.8. The average molecular weight is 673 g/mol. The maximum atomic E-state index is 12.6. The average Bonchev–Trinajstić information content (AvgIpc) is 3.08. The van der Waals surface area contributed by atoms with Crippen LogP contribution in [0.1, 0.15) is 181 Å². The molecule has 0 aliphatic carbocycles. The summed E-state index contributed by atoms with van der Waals surface area (Å²) in [7, 11) is 0. The predicted molar refractivity (Wildman–Crippen MR) is 201 cm³/mol. The molecular weight excluding hydrogens is 600 g/mol. The largest absolute Gasteiger partial charge is 0.462 e. The number of hydrogen-bond acceptors (Lipinski definition) is 6.